The Balaban J connectivity index is 1.36. The van der Waals surface area contributed by atoms with Crippen LogP contribution >= 0.6 is 23.4 Å². The van der Waals surface area contributed by atoms with Gasteiger partial charge in [-0.1, -0.05) is 53.7 Å². The van der Waals surface area contributed by atoms with Crippen LogP contribution < -0.4 is 5.32 Å². The van der Waals surface area contributed by atoms with Crippen molar-refractivity contribution in [1.82, 2.24) is 20.2 Å². The number of hydrogen-bond acceptors (Lipinski definition) is 6. The summed E-state index contributed by atoms with van der Waals surface area (Å²) in [6.45, 7) is 4.53. The van der Waals surface area contributed by atoms with E-state index in [1.54, 1.807) is 0 Å². The van der Waals surface area contributed by atoms with Crippen molar-refractivity contribution >= 4 is 40.2 Å². The maximum atomic E-state index is 12.4. The van der Waals surface area contributed by atoms with Gasteiger partial charge in [0.1, 0.15) is 10.9 Å². The quantitative estimate of drug-likeness (QED) is 0.413. The van der Waals surface area contributed by atoms with E-state index in [4.69, 9.17) is 26.3 Å². The largest absolute Gasteiger partial charge is 0.379 e. The number of aromatic nitrogens is 2. The smallest absolute Gasteiger partial charge is 0.230 e. The first-order valence-corrected chi connectivity index (χ1v) is 11.7. The topological polar surface area (TPSA) is 67.4 Å². The van der Waals surface area contributed by atoms with Gasteiger partial charge in [-0.05, 0) is 30.2 Å². The van der Waals surface area contributed by atoms with E-state index in [9.17, 15) is 4.79 Å². The number of halogens is 1. The molecule has 1 N–H and O–H groups in total. The molecule has 0 spiro atoms. The summed E-state index contributed by atoms with van der Waals surface area (Å²) >= 11 is 7.37. The van der Waals surface area contributed by atoms with Gasteiger partial charge in [-0.15, -0.1) is 0 Å². The molecule has 162 valence electrons. The highest BCUT2D eigenvalue weighted by atomic mass is 35.5. The molecule has 0 atom stereocenters. The van der Waals surface area contributed by atoms with Crippen LogP contribution in [-0.2, 0) is 22.5 Å². The third-order valence-electron chi connectivity index (χ3n) is 5.07. The molecule has 1 aliphatic rings. The van der Waals surface area contributed by atoms with Gasteiger partial charge >= 0.3 is 0 Å². The predicted octanol–water partition coefficient (Wildman–Crippen LogP) is 3.57. The summed E-state index contributed by atoms with van der Waals surface area (Å²) in [5.41, 5.74) is 2.05. The second-order valence-corrected chi connectivity index (χ2v) is 8.77. The number of fused-ring (bicyclic) bond motifs is 1. The number of carbonyl (C=O) groups is 1. The Kier molecular flexibility index (Phi) is 7.75. The van der Waals surface area contributed by atoms with Crippen LogP contribution in [0.5, 0.6) is 0 Å². The van der Waals surface area contributed by atoms with Crippen molar-refractivity contribution in [2.24, 2.45) is 0 Å². The first kappa shape index (κ1) is 22.0. The molecule has 0 unspecified atom stereocenters. The van der Waals surface area contributed by atoms with Crippen LogP contribution in [0, 0.1) is 0 Å². The Bertz CT molecular complexity index is 1030. The van der Waals surface area contributed by atoms with Gasteiger partial charge in [0.25, 0.3) is 0 Å². The Hall–Kier alpha value is -2.19. The monoisotopic (exact) mass is 456 g/mol. The minimum absolute atomic E-state index is 0.00335. The van der Waals surface area contributed by atoms with Gasteiger partial charge in [0, 0.05) is 30.0 Å². The molecule has 0 bridgehead atoms. The lowest BCUT2D eigenvalue weighted by molar-refractivity contribution is -0.118. The summed E-state index contributed by atoms with van der Waals surface area (Å²) in [6.07, 6.45) is 0.772. The lowest BCUT2D eigenvalue weighted by atomic mass is 10.1. The number of thioether (sulfide) groups is 1. The van der Waals surface area contributed by atoms with E-state index in [2.05, 4.69) is 10.2 Å². The normalized spacial score (nSPS) is 14.6. The van der Waals surface area contributed by atoms with Crippen molar-refractivity contribution < 1.29 is 9.53 Å². The summed E-state index contributed by atoms with van der Waals surface area (Å²) in [5, 5.41) is 5.53. The number of hydrogen-bond donors (Lipinski definition) is 1. The molecule has 2 aromatic carbocycles. The third kappa shape index (κ3) is 6.40. The number of nitrogens with one attached hydrogen (secondary N) is 1. The molecule has 1 amide bonds. The van der Waals surface area contributed by atoms with Crippen LogP contribution in [0.1, 0.15) is 11.4 Å². The lowest BCUT2D eigenvalue weighted by Gasteiger charge is -2.25. The third-order valence-corrected chi connectivity index (χ3v) is 6.32. The van der Waals surface area contributed by atoms with Gasteiger partial charge in [0.05, 0.1) is 31.0 Å². The molecule has 4 rings (SSSR count). The summed E-state index contributed by atoms with van der Waals surface area (Å²) in [6, 6.07) is 15.6. The van der Waals surface area contributed by atoms with Crippen LogP contribution in [0.2, 0.25) is 5.02 Å². The van der Waals surface area contributed by atoms with E-state index >= 15 is 0 Å². The number of ether oxygens (including phenoxy) is 1. The first-order chi connectivity index (χ1) is 15.2. The summed E-state index contributed by atoms with van der Waals surface area (Å²) in [7, 11) is 0. The number of nitrogens with zero attached hydrogens (tertiary/aromatic N) is 3. The van der Waals surface area contributed by atoms with E-state index < -0.39 is 0 Å². The average Bonchev–Trinajstić information content (AvgIpc) is 2.79. The number of amides is 1. The van der Waals surface area contributed by atoms with E-state index in [-0.39, 0.29) is 5.91 Å². The lowest BCUT2D eigenvalue weighted by Crippen LogP contribution is -2.36. The minimum atomic E-state index is -0.00335. The van der Waals surface area contributed by atoms with Crippen molar-refractivity contribution in [3.63, 3.8) is 0 Å². The van der Waals surface area contributed by atoms with Crippen LogP contribution in [0.4, 0.5) is 0 Å². The Morgan fingerprint density at radius 3 is 2.68 bits per heavy atom. The van der Waals surface area contributed by atoms with Crippen LogP contribution in [0.15, 0.2) is 53.6 Å². The number of carbonyl (C=O) groups excluding carboxylic acids is 1. The molecule has 6 nitrogen and oxygen atoms in total. The number of para-hydroxylation sites is 1. The van der Waals surface area contributed by atoms with Crippen molar-refractivity contribution in [1.29, 1.82) is 0 Å². The Morgan fingerprint density at radius 1 is 1.10 bits per heavy atom. The first-order valence-electron chi connectivity index (χ1n) is 10.4. The minimum Gasteiger partial charge on any atom is -0.379 e. The zero-order chi connectivity index (χ0) is 21.5. The fraction of sp³-hybridized carbons (Fsp3) is 0.348. The molecule has 1 fully saturated rings. The van der Waals surface area contributed by atoms with Gasteiger partial charge in [-0.25, -0.2) is 9.97 Å². The van der Waals surface area contributed by atoms with E-state index in [0.29, 0.717) is 23.9 Å². The zero-order valence-corrected chi connectivity index (χ0v) is 18.8. The van der Waals surface area contributed by atoms with Crippen molar-refractivity contribution in [3.05, 3.63) is 64.9 Å². The van der Waals surface area contributed by atoms with Crippen LogP contribution in [0.3, 0.4) is 0 Å². The molecule has 8 heteroatoms. The number of benzene rings is 2. The molecule has 0 aliphatic carbocycles. The number of rotatable bonds is 8. The second kappa shape index (κ2) is 10.9. The Labute approximate surface area is 191 Å². The predicted molar refractivity (Wildman–Crippen MR) is 125 cm³/mol. The summed E-state index contributed by atoms with van der Waals surface area (Å²) < 4.78 is 5.42. The highest BCUT2D eigenvalue weighted by Crippen LogP contribution is 2.25. The van der Waals surface area contributed by atoms with Crippen LogP contribution in [-0.4, -0.2) is 59.4 Å². The van der Waals surface area contributed by atoms with Crippen molar-refractivity contribution in [2.75, 3.05) is 38.6 Å². The molecular formula is C23H25ClN4O2S. The molecule has 2 heterocycles. The fourth-order valence-corrected chi connectivity index (χ4v) is 4.41. The SMILES string of the molecule is O=C(CSc1nc(CN2CCOCC2)nc2ccccc12)NCCc1ccc(Cl)cc1. The van der Waals surface area contributed by atoms with E-state index in [1.165, 1.54) is 11.8 Å². The summed E-state index contributed by atoms with van der Waals surface area (Å²) in [4.78, 5) is 24.2. The second-order valence-electron chi connectivity index (χ2n) is 7.37. The fourth-order valence-electron chi connectivity index (χ4n) is 3.42. The number of morpholine rings is 1. The summed E-state index contributed by atoms with van der Waals surface area (Å²) in [5.74, 6) is 1.10. The molecule has 1 aromatic heterocycles. The molecule has 0 radical (unpaired) electrons. The molecule has 31 heavy (non-hydrogen) atoms. The van der Waals surface area contributed by atoms with Crippen LogP contribution in [0.25, 0.3) is 10.9 Å². The van der Waals surface area contributed by atoms with Crippen molar-refractivity contribution in [2.45, 2.75) is 18.0 Å². The van der Waals surface area contributed by atoms with Gasteiger partial charge in [-0.3, -0.25) is 9.69 Å². The van der Waals surface area contributed by atoms with E-state index in [1.807, 2.05) is 48.5 Å². The van der Waals surface area contributed by atoms with Gasteiger partial charge < -0.3 is 10.1 Å². The average molecular weight is 457 g/mol. The molecule has 3 aromatic rings. The molecule has 0 saturated carbocycles. The Morgan fingerprint density at radius 2 is 1.87 bits per heavy atom. The molecule has 1 saturated heterocycles. The van der Waals surface area contributed by atoms with Gasteiger partial charge in [-0.2, -0.15) is 0 Å². The standard InChI is InChI=1S/C23H25ClN4O2S/c24-18-7-5-17(6-8-18)9-10-25-22(29)16-31-23-19-3-1-2-4-20(19)26-21(27-23)15-28-11-13-30-14-12-28/h1-8H,9-16H2,(H,25,29). The maximum absolute atomic E-state index is 12.4. The van der Waals surface area contributed by atoms with Gasteiger partial charge in [0.15, 0.2) is 0 Å². The van der Waals surface area contributed by atoms with Crippen molar-refractivity contribution in [3.8, 4) is 0 Å². The highest BCUT2D eigenvalue weighted by Gasteiger charge is 2.15. The highest BCUT2D eigenvalue weighted by molar-refractivity contribution is 8.00. The zero-order valence-electron chi connectivity index (χ0n) is 17.2. The van der Waals surface area contributed by atoms with E-state index in [0.717, 1.165) is 60.0 Å². The maximum Gasteiger partial charge on any atom is 0.230 e. The molecule has 1 aliphatic heterocycles. The van der Waals surface area contributed by atoms with Gasteiger partial charge in [0.2, 0.25) is 5.91 Å². The molecular weight excluding hydrogens is 432 g/mol.